The number of nitrogens with zero attached hydrogens (tertiary/aromatic N) is 1. The molecule has 24 heavy (non-hydrogen) atoms. The molecule has 0 spiro atoms. The number of thioether (sulfide) groups is 1. The molecule has 0 aromatic heterocycles. The maximum absolute atomic E-state index is 12.9. The van der Waals surface area contributed by atoms with Gasteiger partial charge in [-0.05, 0) is 56.1 Å². The van der Waals surface area contributed by atoms with Gasteiger partial charge in [0.1, 0.15) is 5.82 Å². The number of amides is 1. The molecule has 0 bridgehead atoms. The van der Waals surface area contributed by atoms with Crippen LogP contribution in [0.5, 0.6) is 0 Å². The molecule has 2 rings (SSSR count). The third-order valence-corrected chi connectivity index (χ3v) is 5.62. The van der Waals surface area contributed by atoms with Crippen LogP contribution in [-0.4, -0.2) is 42.7 Å². The fraction of sp³-hybridized carbons (Fsp3) is 0.611. The van der Waals surface area contributed by atoms with Gasteiger partial charge in [0.2, 0.25) is 5.91 Å². The van der Waals surface area contributed by atoms with Gasteiger partial charge in [0.05, 0.1) is 0 Å². The van der Waals surface area contributed by atoms with Crippen LogP contribution in [0.1, 0.15) is 26.7 Å². The number of nitrogens with one attached hydrogen (secondary N) is 1. The van der Waals surface area contributed by atoms with E-state index in [4.69, 9.17) is 0 Å². The van der Waals surface area contributed by atoms with Crippen LogP contribution in [-0.2, 0) is 4.79 Å². The molecule has 1 aliphatic heterocycles. The highest BCUT2D eigenvalue weighted by molar-refractivity contribution is 7.99. The zero-order valence-corrected chi connectivity index (χ0v) is 16.1. The van der Waals surface area contributed by atoms with Crippen LogP contribution < -0.4 is 5.32 Å². The number of carbonyl (C=O) groups is 1. The third kappa shape index (κ3) is 6.61. The minimum Gasteiger partial charge on any atom is -0.342 e. The van der Waals surface area contributed by atoms with Crippen LogP contribution in [0.4, 0.5) is 4.39 Å². The minimum atomic E-state index is -0.223. The van der Waals surface area contributed by atoms with E-state index in [0.717, 1.165) is 49.7 Å². The molecule has 1 amide bonds. The molecular formula is C18H28ClFN2OS. The van der Waals surface area contributed by atoms with Gasteiger partial charge in [-0.15, -0.1) is 24.2 Å². The lowest BCUT2D eigenvalue weighted by Crippen LogP contribution is -2.43. The van der Waals surface area contributed by atoms with E-state index in [2.05, 4.69) is 12.2 Å². The lowest BCUT2D eigenvalue weighted by atomic mass is 9.96. The number of hydrogen-bond acceptors (Lipinski definition) is 3. The summed E-state index contributed by atoms with van der Waals surface area (Å²) in [6.45, 7) is 7.94. The molecular weight excluding hydrogens is 347 g/mol. The molecule has 3 nitrogen and oxygen atoms in total. The number of piperidine rings is 1. The van der Waals surface area contributed by atoms with Crippen molar-refractivity contribution in [1.82, 2.24) is 10.2 Å². The first-order valence-corrected chi connectivity index (χ1v) is 9.46. The Morgan fingerprint density at radius 1 is 1.33 bits per heavy atom. The van der Waals surface area contributed by atoms with Gasteiger partial charge < -0.3 is 10.2 Å². The Labute approximate surface area is 155 Å². The highest BCUT2D eigenvalue weighted by Gasteiger charge is 2.25. The molecule has 136 valence electrons. The summed E-state index contributed by atoms with van der Waals surface area (Å²) in [6.07, 6.45) is 2.19. The van der Waals surface area contributed by atoms with Crippen molar-refractivity contribution in [3.8, 4) is 0 Å². The van der Waals surface area contributed by atoms with Crippen molar-refractivity contribution in [3.63, 3.8) is 0 Å². The van der Waals surface area contributed by atoms with E-state index < -0.39 is 0 Å². The fourth-order valence-corrected chi connectivity index (χ4v) is 3.75. The first-order valence-electron chi connectivity index (χ1n) is 8.48. The lowest BCUT2D eigenvalue weighted by molar-refractivity contribution is -0.135. The van der Waals surface area contributed by atoms with Crippen LogP contribution in [0, 0.1) is 17.7 Å². The SMILES string of the molecule is CCNCC1CCN(C(=O)C(C)CSc2ccc(F)cc2)CC1.Cl. The van der Waals surface area contributed by atoms with Gasteiger partial charge in [0, 0.05) is 29.7 Å². The van der Waals surface area contributed by atoms with Gasteiger partial charge in [-0.25, -0.2) is 4.39 Å². The van der Waals surface area contributed by atoms with Crippen molar-refractivity contribution < 1.29 is 9.18 Å². The Kier molecular flexibility index (Phi) is 9.71. The van der Waals surface area contributed by atoms with Crippen LogP contribution >= 0.6 is 24.2 Å². The van der Waals surface area contributed by atoms with E-state index in [1.54, 1.807) is 23.9 Å². The van der Waals surface area contributed by atoms with Crippen molar-refractivity contribution in [1.29, 1.82) is 0 Å². The van der Waals surface area contributed by atoms with Crippen molar-refractivity contribution >= 4 is 30.1 Å². The quantitative estimate of drug-likeness (QED) is 0.736. The molecule has 1 heterocycles. The summed E-state index contributed by atoms with van der Waals surface area (Å²) < 4.78 is 12.9. The molecule has 1 fully saturated rings. The van der Waals surface area contributed by atoms with Crippen molar-refractivity contribution in [3.05, 3.63) is 30.1 Å². The van der Waals surface area contributed by atoms with Gasteiger partial charge in [-0.1, -0.05) is 13.8 Å². The Balaban J connectivity index is 0.00000288. The highest BCUT2D eigenvalue weighted by atomic mass is 35.5. The summed E-state index contributed by atoms with van der Waals surface area (Å²) in [5.74, 6) is 1.46. The monoisotopic (exact) mass is 374 g/mol. The predicted octanol–water partition coefficient (Wildman–Crippen LogP) is 3.82. The van der Waals surface area contributed by atoms with Crippen molar-refractivity contribution in [2.45, 2.75) is 31.6 Å². The van der Waals surface area contributed by atoms with E-state index in [1.165, 1.54) is 12.1 Å². The van der Waals surface area contributed by atoms with Crippen LogP contribution in [0.2, 0.25) is 0 Å². The van der Waals surface area contributed by atoms with Crippen molar-refractivity contribution in [2.75, 3.05) is 31.9 Å². The second-order valence-electron chi connectivity index (χ2n) is 6.24. The maximum atomic E-state index is 12.9. The Morgan fingerprint density at radius 2 is 1.96 bits per heavy atom. The second-order valence-corrected chi connectivity index (χ2v) is 7.34. The van der Waals surface area contributed by atoms with E-state index >= 15 is 0 Å². The zero-order chi connectivity index (χ0) is 16.7. The first kappa shape index (κ1) is 21.3. The molecule has 1 unspecified atom stereocenters. The average Bonchev–Trinajstić information content (AvgIpc) is 2.59. The summed E-state index contributed by atoms with van der Waals surface area (Å²) in [5, 5.41) is 3.39. The first-order chi connectivity index (χ1) is 11.1. The van der Waals surface area contributed by atoms with E-state index in [1.807, 2.05) is 11.8 Å². The third-order valence-electron chi connectivity index (χ3n) is 4.34. The maximum Gasteiger partial charge on any atom is 0.226 e. The standard InChI is InChI=1S/C18H27FN2OS.ClH/c1-3-20-12-15-8-10-21(11-9-15)18(22)14(2)13-23-17-6-4-16(19)5-7-17;/h4-7,14-15,20H,3,8-13H2,1-2H3;1H. The van der Waals surface area contributed by atoms with Gasteiger partial charge in [0.25, 0.3) is 0 Å². The molecule has 6 heteroatoms. The van der Waals surface area contributed by atoms with Crippen LogP contribution in [0.15, 0.2) is 29.2 Å². The zero-order valence-electron chi connectivity index (χ0n) is 14.5. The van der Waals surface area contributed by atoms with Gasteiger partial charge in [-0.2, -0.15) is 0 Å². The molecule has 0 aliphatic carbocycles. The number of halogens is 2. The largest absolute Gasteiger partial charge is 0.342 e. The Bertz CT molecular complexity index is 492. The summed E-state index contributed by atoms with van der Waals surface area (Å²) in [6, 6.07) is 6.46. The molecule has 0 saturated carbocycles. The summed E-state index contributed by atoms with van der Waals surface area (Å²) >= 11 is 1.62. The number of hydrogen-bond donors (Lipinski definition) is 1. The molecule has 1 saturated heterocycles. The summed E-state index contributed by atoms with van der Waals surface area (Å²) in [4.78, 5) is 15.6. The summed E-state index contributed by atoms with van der Waals surface area (Å²) in [5.41, 5.74) is 0. The molecule has 1 aromatic rings. The fourth-order valence-electron chi connectivity index (χ4n) is 2.84. The number of carbonyl (C=O) groups excluding carboxylic acids is 1. The predicted molar refractivity (Wildman–Crippen MR) is 101 cm³/mol. The average molecular weight is 375 g/mol. The van der Waals surface area contributed by atoms with Gasteiger partial charge in [0.15, 0.2) is 0 Å². The van der Waals surface area contributed by atoms with Gasteiger partial charge >= 0.3 is 0 Å². The van der Waals surface area contributed by atoms with Crippen molar-refractivity contribution in [2.24, 2.45) is 11.8 Å². The number of benzene rings is 1. The van der Waals surface area contributed by atoms with E-state index in [-0.39, 0.29) is 30.0 Å². The minimum absolute atomic E-state index is 0. The number of rotatable bonds is 7. The van der Waals surface area contributed by atoms with Crippen LogP contribution in [0.25, 0.3) is 0 Å². The normalized spacial score (nSPS) is 16.5. The molecule has 1 aliphatic rings. The molecule has 1 N–H and O–H groups in total. The van der Waals surface area contributed by atoms with Gasteiger partial charge in [-0.3, -0.25) is 4.79 Å². The lowest BCUT2D eigenvalue weighted by Gasteiger charge is -2.33. The smallest absolute Gasteiger partial charge is 0.226 e. The second kappa shape index (κ2) is 11.0. The highest BCUT2D eigenvalue weighted by Crippen LogP contribution is 2.23. The molecule has 0 radical (unpaired) electrons. The molecule has 1 aromatic carbocycles. The molecule has 1 atom stereocenters. The number of likely N-dealkylation sites (tertiary alicyclic amines) is 1. The van der Waals surface area contributed by atoms with E-state index in [9.17, 15) is 9.18 Å². The van der Waals surface area contributed by atoms with E-state index in [0.29, 0.717) is 5.92 Å². The Morgan fingerprint density at radius 3 is 2.54 bits per heavy atom. The van der Waals surface area contributed by atoms with Crippen LogP contribution in [0.3, 0.4) is 0 Å². The summed E-state index contributed by atoms with van der Waals surface area (Å²) in [7, 11) is 0. The Hall–Kier alpha value is -0.780. The topological polar surface area (TPSA) is 32.3 Å².